The van der Waals surface area contributed by atoms with Crippen molar-refractivity contribution < 1.29 is 17.6 Å². The first-order valence-corrected chi connectivity index (χ1v) is 11.9. The first-order chi connectivity index (χ1) is 14.4. The molecule has 1 amide bonds. The van der Waals surface area contributed by atoms with Crippen molar-refractivity contribution in [3.05, 3.63) is 24.4 Å². The Kier molecular flexibility index (Phi) is 5.99. The van der Waals surface area contributed by atoms with Crippen molar-refractivity contribution >= 4 is 15.9 Å². The third-order valence-electron chi connectivity index (χ3n) is 6.03. The first-order valence-electron chi connectivity index (χ1n) is 10.5. The molecule has 0 radical (unpaired) electrons. The van der Waals surface area contributed by atoms with Gasteiger partial charge in [-0.2, -0.15) is 9.40 Å². The zero-order valence-electron chi connectivity index (χ0n) is 17.5. The Labute approximate surface area is 177 Å². The van der Waals surface area contributed by atoms with Gasteiger partial charge in [0.2, 0.25) is 11.0 Å². The summed E-state index contributed by atoms with van der Waals surface area (Å²) >= 11 is 0. The molecular formula is C20H29N5O4S. The number of nitrogens with zero attached hydrogens (tertiary/aromatic N) is 4. The van der Waals surface area contributed by atoms with Gasteiger partial charge in [-0.15, -0.1) is 0 Å². The number of carbonyl (C=O) groups is 1. The number of piperazine rings is 1. The third kappa shape index (κ3) is 4.17. The Morgan fingerprint density at radius 1 is 1.17 bits per heavy atom. The number of rotatable bonds is 5. The fourth-order valence-electron chi connectivity index (χ4n) is 4.20. The maximum absolute atomic E-state index is 13.1. The van der Waals surface area contributed by atoms with E-state index < -0.39 is 10.0 Å². The minimum Gasteiger partial charge on any atom is -0.442 e. The Hall–Kier alpha value is -2.17. The lowest BCUT2D eigenvalue weighted by atomic mass is 9.97. The van der Waals surface area contributed by atoms with Crippen molar-refractivity contribution in [2.75, 3.05) is 39.3 Å². The molecular weight excluding hydrogens is 406 g/mol. The molecule has 0 unspecified atom stereocenters. The fourth-order valence-corrected chi connectivity index (χ4v) is 5.64. The van der Waals surface area contributed by atoms with Crippen molar-refractivity contribution in [1.82, 2.24) is 24.3 Å². The number of amides is 1. The van der Waals surface area contributed by atoms with Crippen molar-refractivity contribution in [3.63, 3.8) is 0 Å². The molecule has 2 aromatic heterocycles. The van der Waals surface area contributed by atoms with Gasteiger partial charge in [-0.25, -0.2) is 8.42 Å². The van der Waals surface area contributed by atoms with E-state index in [1.54, 1.807) is 18.3 Å². The van der Waals surface area contributed by atoms with Gasteiger partial charge in [0.25, 0.3) is 10.0 Å². The number of hydrogen-bond donors (Lipinski definition) is 1. The van der Waals surface area contributed by atoms with E-state index in [0.29, 0.717) is 50.0 Å². The second-order valence-corrected chi connectivity index (χ2v) is 10.1. The predicted molar refractivity (Wildman–Crippen MR) is 111 cm³/mol. The summed E-state index contributed by atoms with van der Waals surface area (Å²) in [6, 6.07) is 5.25. The molecule has 0 saturated carbocycles. The summed E-state index contributed by atoms with van der Waals surface area (Å²) < 4.78 is 33.2. The molecule has 4 rings (SSSR count). The monoisotopic (exact) mass is 435 g/mol. The van der Waals surface area contributed by atoms with Crippen LogP contribution in [0.4, 0.5) is 0 Å². The van der Waals surface area contributed by atoms with Gasteiger partial charge < -0.3 is 9.32 Å². The normalized spacial score (nSPS) is 22.0. The number of aromatic nitrogens is 2. The highest BCUT2D eigenvalue weighted by atomic mass is 32.2. The fraction of sp³-hybridized carbons (Fsp3) is 0.600. The summed E-state index contributed by atoms with van der Waals surface area (Å²) in [7, 11) is -3.80. The molecule has 0 aliphatic carbocycles. The highest BCUT2D eigenvalue weighted by Crippen LogP contribution is 2.29. The lowest BCUT2D eigenvalue weighted by molar-refractivity contribution is -0.138. The van der Waals surface area contributed by atoms with Crippen LogP contribution in [0.3, 0.4) is 0 Å². The van der Waals surface area contributed by atoms with Crippen molar-refractivity contribution in [2.45, 2.75) is 37.8 Å². The summed E-state index contributed by atoms with van der Waals surface area (Å²) in [5.74, 6) is 0.177. The van der Waals surface area contributed by atoms with Crippen LogP contribution in [0.15, 0.2) is 33.9 Å². The largest absolute Gasteiger partial charge is 0.442 e. The maximum atomic E-state index is 13.1. The van der Waals surface area contributed by atoms with Crippen molar-refractivity contribution in [3.8, 4) is 11.5 Å². The number of carbonyl (C=O) groups excluding carboxylic acids is 1. The van der Waals surface area contributed by atoms with Crippen molar-refractivity contribution in [1.29, 1.82) is 0 Å². The van der Waals surface area contributed by atoms with E-state index in [1.807, 2.05) is 4.90 Å². The van der Waals surface area contributed by atoms with Crippen LogP contribution in [0.5, 0.6) is 0 Å². The molecule has 4 heterocycles. The van der Waals surface area contributed by atoms with E-state index in [0.717, 1.165) is 13.1 Å². The Bertz CT molecular complexity index is 961. The number of piperidine rings is 1. The molecule has 2 aliphatic heterocycles. The lowest BCUT2D eigenvalue weighted by Gasteiger charge is -2.39. The second-order valence-electron chi connectivity index (χ2n) is 8.25. The van der Waals surface area contributed by atoms with Crippen LogP contribution in [0.25, 0.3) is 11.5 Å². The molecule has 2 aliphatic rings. The van der Waals surface area contributed by atoms with Gasteiger partial charge in [0.15, 0.2) is 5.76 Å². The standard InChI is InChI=1S/C20H29N5O4S/c1-15(2)23-10-12-24(13-11-23)20(26)16-4-3-9-25(14-16)30(27,28)19-6-5-18(29-19)17-7-8-21-22-17/h5-8,15-16H,3-4,9-14H2,1-2H3,(H,21,22)/t16-/m1/s1. The Morgan fingerprint density at radius 3 is 2.60 bits per heavy atom. The number of sulfonamides is 1. The van der Waals surface area contributed by atoms with Crippen molar-refractivity contribution in [2.24, 2.45) is 5.92 Å². The van der Waals surface area contributed by atoms with Gasteiger partial charge in [0.1, 0.15) is 5.69 Å². The summed E-state index contributed by atoms with van der Waals surface area (Å²) in [6.45, 7) is 8.04. The van der Waals surface area contributed by atoms with E-state index in [1.165, 1.54) is 10.4 Å². The minimum absolute atomic E-state index is 0.0656. The summed E-state index contributed by atoms with van der Waals surface area (Å²) in [5.41, 5.74) is 0.615. The van der Waals surface area contributed by atoms with E-state index >= 15 is 0 Å². The number of furan rings is 1. The average Bonchev–Trinajstić information content (AvgIpc) is 3.45. The van der Waals surface area contributed by atoms with Gasteiger partial charge >= 0.3 is 0 Å². The van der Waals surface area contributed by atoms with Crippen LogP contribution < -0.4 is 0 Å². The van der Waals surface area contributed by atoms with E-state index in [2.05, 4.69) is 28.9 Å². The maximum Gasteiger partial charge on any atom is 0.276 e. The Balaban J connectivity index is 1.42. The smallest absolute Gasteiger partial charge is 0.276 e. The van der Waals surface area contributed by atoms with Gasteiger partial charge in [-0.1, -0.05) is 0 Å². The van der Waals surface area contributed by atoms with Gasteiger partial charge in [-0.3, -0.25) is 14.8 Å². The van der Waals surface area contributed by atoms with Crippen LogP contribution >= 0.6 is 0 Å². The molecule has 2 fully saturated rings. The summed E-state index contributed by atoms with van der Waals surface area (Å²) in [6.07, 6.45) is 2.95. The molecule has 0 aromatic carbocycles. The highest BCUT2D eigenvalue weighted by Gasteiger charge is 2.37. The first kappa shape index (κ1) is 21.1. The molecule has 1 N–H and O–H groups in total. The molecule has 0 bridgehead atoms. The van der Waals surface area contributed by atoms with Crippen LogP contribution in [0.2, 0.25) is 0 Å². The zero-order valence-corrected chi connectivity index (χ0v) is 18.3. The summed E-state index contributed by atoms with van der Waals surface area (Å²) in [5, 5.41) is 6.51. The molecule has 2 saturated heterocycles. The zero-order chi connectivity index (χ0) is 21.3. The van der Waals surface area contributed by atoms with E-state index in [-0.39, 0.29) is 23.5 Å². The average molecular weight is 436 g/mol. The van der Waals surface area contributed by atoms with Gasteiger partial charge in [0.05, 0.1) is 5.92 Å². The molecule has 30 heavy (non-hydrogen) atoms. The third-order valence-corrected chi connectivity index (χ3v) is 7.77. The lowest BCUT2D eigenvalue weighted by Crippen LogP contribution is -2.54. The molecule has 9 nitrogen and oxygen atoms in total. The van der Waals surface area contributed by atoms with Gasteiger partial charge in [0, 0.05) is 51.5 Å². The number of aromatic amines is 1. The highest BCUT2D eigenvalue weighted by molar-refractivity contribution is 7.89. The topological polar surface area (TPSA) is 103 Å². The SMILES string of the molecule is CC(C)N1CCN(C(=O)[C@@H]2CCCN(S(=O)(=O)c3ccc(-c4ccn[nH]4)o3)C2)CC1. The predicted octanol–water partition coefficient (Wildman–Crippen LogP) is 1.62. The second kappa shape index (κ2) is 8.52. The summed E-state index contributed by atoms with van der Waals surface area (Å²) in [4.78, 5) is 17.3. The van der Waals surface area contributed by atoms with Crippen LogP contribution in [0.1, 0.15) is 26.7 Å². The number of H-pyrrole nitrogens is 1. The Morgan fingerprint density at radius 2 is 1.93 bits per heavy atom. The number of nitrogens with one attached hydrogen (secondary N) is 1. The molecule has 2 aromatic rings. The van der Waals surface area contributed by atoms with Gasteiger partial charge in [-0.05, 0) is 44.9 Å². The minimum atomic E-state index is -3.80. The van der Waals surface area contributed by atoms with Crippen LogP contribution in [-0.4, -0.2) is 83.9 Å². The van der Waals surface area contributed by atoms with Crippen LogP contribution in [-0.2, 0) is 14.8 Å². The van der Waals surface area contributed by atoms with Crippen LogP contribution in [0, 0.1) is 5.92 Å². The van der Waals surface area contributed by atoms with E-state index in [4.69, 9.17) is 4.42 Å². The number of hydrogen-bond acceptors (Lipinski definition) is 6. The molecule has 1 atom stereocenters. The quantitative estimate of drug-likeness (QED) is 0.766. The molecule has 0 spiro atoms. The molecule has 10 heteroatoms. The molecule has 164 valence electrons. The van der Waals surface area contributed by atoms with E-state index in [9.17, 15) is 13.2 Å².